The van der Waals surface area contributed by atoms with Gasteiger partial charge in [-0.3, -0.25) is 0 Å². The molecule has 1 fully saturated rings. The molecule has 1 aliphatic rings. The van der Waals surface area contributed by atoms with Crippen LogP contribution in [0.15, 0.2) is 72.8 Å². The number of hydrogen-bond donors (Lipinski definition) is 0. The van der Waals surface area contributed by atoms with Crippen molar-refractivity contribution in [2.24, 2.45) is 5.92 Å². The monoisotopic (exact) mass is 451 g/mol. The van der Waals surface area contributed by atoms with Crippen LogP contribution in [0.1, 0.15) is 36.3 Å². The fourth-order valence-corrected chi connectivity index (χ4v) is 4.80. The van der Waals surface area contributed by atoms with Gasteiger partial charge in [0.25, 0.3) is 0 Å². The van der Waals surface area contributed by atoms with E-state index in [-0.39, 0.29) is 17.6 Å². The lowest BCUT2D eigenvalue weighted by atomic mass is 9.76. The molecule has 0 N–H and O–H groups in total. The van der Waals surface area contributed by atoms with Gasteiger partial charge in [0.2, 0.25) is 0 Å². The zero-order valence-electron chi connectivity index (χ0n) is 19.1. The Morgan fingerprint density at radius 2 is 1.36 bits per heavy atom. The van der Waals surface area contributed by atoms with Crippen molar-refractivity contribution in [2.45, 2.75) is 25.2 Å². The molecule has 5 heteroatoms. The van der Waals surface area contributed by atoms with Crippen molar-refractivity contribution >= 4 is 0 Å². The summed E-state index contributed by atoms with van der Waals surface area (Å²) in [6.07, 6.45) is 3.04. The first-order valence-corrected chi connectivity index (χ1v) is 11.6. The van der Waals surface area contributed by atoms with E-state index in [9.17, 15) is 8.78 Å². The van der Waals surface area contributed by atoms with Gasteiger partial charge in [-0.05, 0) is 85.8 Å². The average Bonchev–Trinajstić information content (AvgIpc) is 2.85. The molecule has 1 aliphatic heterocycles. The smallest absolute Gasteiger partial charge is 0.161 e. The van der Waals surface area contributed by atoms with Gasteiger partial charge >= 0.3 is 0 Å². The molecule has 0 saturated carbocycles. The van der Waals surface area contributed by atoms with E-state index in [2.05, 4.69) is 4.90 Å². The van der Waals surface area contributed by atoms with Gasteiger partial charge in [-0.25, -0.2) is 8.78 Å². The molecule has 0 aliphatic carbocycles. The lowest BCUT2D eigenvalue weighted by Crippen LogP contribution is -2.36. The first-order valence-electron chi connectivity index (χ1n) is 11.6. The van der Waals surface area contributed by atoms with Gasteiger partial charge in [0.1, 0.15) is 11.6 Å². The molecule has 0 spiro atoms. The Morgan fingerprint density at radius 3 is 1.91 bits per heavy atom. The molecule has 0 amide bonds. The molecule has 0 radical (unpaired) electrons. The first kappa shape index (κ1) is 23.2. The second kappa shape index (κ2) is 11.3. The summed E-state index contributed by atoms with van der Waals surface area (Å²) >= 11 is 0. The number of methoxy groups -OCH3 is 1. The number of rotatable bonds is 9. The van der Waals surface area contributed by atoms with Gasteiger partial charge < -0.3 is 14.4 Å². The standard InChI is InChI=1S/C28H31F2NO2/c1-32-26-5-2-3-6-27(26)33-20-4-17-31-18-15-23(16-19-31)28(21-7-11-24(29)12-8-21)22-9-13-25(30)14-10-22/h2-3,5-14,23,28H,4,15-20H2,1H3. The molecular weight excluding hydrogens is 420 g/mol. The van der Waals surface area contributed by atoms with E-state index in [1.54, 1.807) is 7.11 Å². The minimum absolute atomic E-state index is 0.141. The predicted molar refractivity (Wildman–Crippen MR) is 127 cm³/mol. The van der Waals surface area contributed by atoms with E-state index in [0.717, 1.165) is 61.5 Å². The lowest BCUT2D eigenvalue weighted by molar-refractivity contribution is 0.162. The average molecular weight is 452 g/mol. The van der Waals surface area contributed by atoms with Gasteiger partial charge in [-0.2, -0.15) is 0 Å². The largest absolute Gasteiger partial charge is 0.493 e. The fraction of sp³-hybridized carbons (Fsp3) is 0.357. The summed E-state index contributed by atoms with van der Waals surface area (Å²) in [5, 5.41) is 0. The van der Waals surface area contributed by atoms with Crippen LogP contribution in [0, 0.1) is 17.6 Å². The minimum Gasteiger partial charge on any atom is -0.493 e. The molecule has 0 unspecified atom stereocenters. The van der Waals surface area contributed by atoms with E-state index in [4.69, 9.17) is 9.47 Å². The molecule has 3 aromatic carbocycles. The first-order chi connectivity index (χ1) is 16.1. The number of likely N-dealkylation sites (tertiary alicyclic amines) is 1. The van der Waals surface area contributed by atoms with Gasteiger partial charge in [0, 0.05) is 12.5 Å². The Morgan fingerprint density at radius 1 is 0.818 bits per heavy atom. The van der Waals surface area contributed by atoms with Gasteiger partial charge in [-0.15, -0.1) is 0 Å². The molecular formula is C28H31F2NO2. The second-order valence-corrected chi connectivity index (χ2v) is 8.61. The topological polar surface area (TPSA) is 21.7 Å². The van der Waals surface area contributed by atoms with Crippen LogP contribution in [0.5, 0.6) is 11.5 Å². The molecule has 0 bridgehead atoms. The van der Waals surface area contributed by atoms with Crippen LogP contribution in [-0.4, -0.2) is 38.3 Å². The number of benzene rings is 3. The third-order valence-corrected chi connectivity index (χ3v) is 6.51. The Kier molecular flexibility index (Phi) is 7.95. The van der Waals surface area contributed by atoms with Gasteiger partial charge in [0.15, 0.2) is 11.5 Å². The maximum Gasteiger partial charge on any atom is 0.161 e. The van der Waals surface area contributed by atoms with Crippen LogP contribution < -0.4 is 9.47 Å². The number of ether oxygens (including phenoxy) is 2. The fourth-order valence-electron chi connectivity index (χ4n) is 4.80. The Labute approximate surface area is 195 Å². The van der Waals surface area contributed by atoms with Crippen LogP contribution in [0.25, 0.3) is 0 Å². The van der Waals surface area contributed by atoms with Crippen molar-refractivity contribution in [1.82, 2.24) is 4.90 Å². The van der Waals surface area contributed by atoms with Crippen molar-refractivity contribution < 1.29 is 18.3 Å². The lowest BCUT2D eigenvalue weighted by Gasteiger charge is -2.36. The van der Waals surface area contributed by atoms with Crippen LogP contribution in [-0.2, 0) is 0 Å². The molecule has 3 nitrogen and oxygen atoms in total. The number of hydrogen-bond acceptors (Lipinski definition) is 3. The molecule has 3 aromatic rings. The number of para-hydroxylation sites is 2. The summed E-state index contributed by atoms with van der Waals surface area (Å²) in [5.74, 6) is 1.64. The van der Waals surface area contributed by atoms with Gasteiger partial charge in [0.05, 0.1) is 13.7 Å². The highest BCUT2D eigenvalue weighted by atomic mass is 19.1. The molecule has 1 saturated heterocycles. The summed E-state index contributed by atoms with van der Waals surface area (Å²) in [5.41, 5.74) is 2.18. The zero-order valence-corrected chi connectivity index (χ0v) is 19.1. The molecule has 1 heterocycles. The molecule has 33 heavy (non-hydrogen) atoms. The normalized spacial score (nSPS) is 15.0. The molecule has 4 rings (SSSR count). The zero-order chi connectivity index (χ0) is 23.0. The SMILES string of the molecule is COc1ccccc1OCCCN1CCC(C(c2ccc(F)cc2)c2ccc(F)cc2)CC1. The van der Waals surface area contributed by atoms with E-state index < -0.39 is 0 Å². The third-order valence-electron chi connectivity index (χ3n) is 6.51. The highest BCUT2D eigenvalue weighted by Gasteiger charge is 2.29. The highest BCUT2D eigenvalue weighted by molar-refractivity contribution is 5.39. The third kappa shape index (κ3) is 6.11. The number of piperidine rings is 1. The molecule has 174 valence electrons. The van der Waals surface area contributed by atoms with E-state index in [0.29, 0.717) is 12.5 Å². The Bertz CT molecular complexity index is 954. The maximum atomic E-state index is 13.5. The van der Waals surface area contributed by atoms with Crippen LogP contribution in [0.2, 0.25) is 0 Å². The maximum absolute atomic E-state index is 13.5. The Hall–Kier alpha value is -2.92. The summed E-state index contributed by atoms with van der Waals surface area (Å²) in [6.45, 7) is 3.66. The van der Waals surface area contributed by atoms with Crippen molar-refractivity contribution in [3.63, 3.8) is 0 Å². The Balaban J connectivity index is 1.32. The van der Waals surface area contributed by atoms with E-state index in [1.165, 1.54) is 24.3 Å². The van der Waals surface area contributed by atoms with Crippen LogP contribution in [0.3, 0.4) is 0 Å². The van der Waals surface area contributed by atoms with E-state index in [1.807, 2.05) is 48.5 Å². The second-order valence-electron chi connectivity index (χ2n) is 8.61. The van der Waals surface area contributed by atoms with Crippen LogP contribution in [0.4, 0.5) is 8.78 Å². The van der Waals surface area contributed by atoms with Crippen molar-refractivity contribution in [3.05, 3.63) is 95.6 Å². The predicted octanol–water partition coefficient (Wildman–Crippen LogP) is 6.29. The quantitative estimate of drug-likeness (QED) is 0.357. The van der Waals surface area contributed by atoms with E-state index >= 15 is 0 Å². The number of halogens is 2. The summed E-state index contributed by atoms with van der Waals surface area (Å²) < 4.78 is 38.3. The van der Waals surface area contributed by atoms with Gasteiger partial charge in [-0.1, -0.05) is 36.4 Å². The summed E-state index contributed by atoms with van der Waals surface area (Å²) in [7, 11) is 1.65. The summed E-state index contributed by atoms with van der Waals surface area (Å²) in [4.78, 5) is 2.48. The minimum atomic E-state index is -0.234. The summed E-state index contributed by atoms with van der Waals surface area (Å²) in [6, 6.07) is 21.2. The van der Waals surface area contributed by atoms with Crippen LogP contribution >= 0.6 is 0 Å². The highest BCUT2D eigenvalue weighted by Crippen LogP contribution is 2.38. The van der Waals surface area contributed by atoms with Crippen molar-refractivity contribution in [2.75, 3.05) is 33.4 Å². The number of nitrogens with zero attached hydrogens (tertiary/aromatic N) is 1. The van der Waals surface area contributed by atoms with Crippen molar-refractivity contribution in [1.29, 1.82) is 0 Å². The van der Waals surface area contributed by atoms with Crippen molar-refractivity contribution in [3.8, 4) is 11.5 Å². The molecule has 0 atom stereocenters. The molecule has 0 aromatic heterocycles.